The minimum atomic E-state index is 0.143. The molecule has 0 aliphatic heterocycles. The average molecular weight is 194 g/mol. The number of allylic oxidation sites excluding steroid dienone is 1. The molecule has 0 amide bonds. The van der Waals surface area contributed by atoms with Crippen LogP contribution >= 0.6 is 0 Å². The fourth-order valence-electron chi connectivity index (χ4n) is 3.64. The van der Waals surface area contributed by atoms with Crippen molar-refractivity contribution in [2.75, 3.05) is 7.11 Å². The highest BCUT2D eigenvalue weighted by Gasteiger charge is 2.45. The Bertz CT molecular complexity index is 238. The summed E-state index contributed by atoms with van der Waals surface area (Å²) in [4.78, 5) is 0. The molecule has 2 rings (SSSR count). The predicted molar refractivity (Wildman–Crippen MR) is 59.2 cm³/mol. The topological polar surface area (TPSA) is 9.23 Å². The van der Waals surface area contributed by atoms with E-state index < -0.39 is 0 Å². The lowest BCUT2D eigenvalue weighted by molar-refractivity contribution is -0.0999. The van der Waals surface area contributed by atoms with Crippen molar-refractivity contribution in [2.45, 2.75) is 51.6 Å². The number of hydrogen-bond donors (Lipinski definition) is 0. The Morgan fingerprint density at radius 1 is 1.57 bits per heavy atom. The molecule has 14 heavy (non-hydrogen) atoms. The second-order valence-corrected chi connectivity index (χ2v) is 4.92. The highest BCUT2D eigenvalue weighted by atomic mass is 16.5. The summed E-state index contributed by atoms with van der Waals surface area (Å²) < 4.78 is 5.88. The van der Waals surface area contributed by atoms with Crippen LogP contribution in [0.1, 0.15) is 46.0 Å². The molecule has 0 aromatic heterocycles. The van der Waals surface area contributed by atoms with Crippen molar-refractivity contribution >= 4 is 0 Å². The van der Waals surface area contributed by atoms with Crippen LogP contribution in [0.4, 0.5) is 0 Å². The van der Waals surface area contributed by atoms with E-state index in [2.05, 4.69) is 19.9 Å². The van der Waals surface area contributed by atoms with E-state index in [0.29, 0.717) is 5.92 Å². The largest absolute Gasteiger partial charge is 0.377 e. The lowest BCUT2D eigenvalue weighted by Crippen LogP contribution is -2.48. The molecule has 80 valence electrons. The molecule has 3 unspecified atom stereocenters. The van der Waals surface area contributed by atoms with Gasteiger partial charge < -0.3 is 4.74 Å². The van der Waals surface area contributed by atoms with Crippen LogP contribution in [0.3, 0.4) is 0 Å². The van der Waals surface area contributed by atoms with Crippen LogP contribution in [-0.4, -0.2) is 12.7 Å². The van der Waals surface area contributed by atoms with Gasteiger partial charge in [-0.25, -0.2) is 0 Å². The molecular formula is C13H22O. The summed E-state index contributed by atoms with van der Waals surface area (Å²) in [6.45, 7) is 4.60. The second kappa shape index (κ2) is 3.69. The van der Waals surface area contributed by atoms with Crippen molar-refractivity contribution in [1.29, 1.82) is 0 Å². The summed E-state index contributed by atoms with van der Waals surface area (Å²) in [6.07, 6.45) is 9.00. The lowest BCUT2D eigenvalue weighted by Gasteiger charge is -2.48. The van der Waals surface area contributed by atoms with E-state index in [-0.39, 0.29) is 5.60 Å². The van der Waals surface area contributed by atoms with E-state index >= 15 is 0 Å². The van der Waals surface area contributed by atoms with Crippen molar-refractivity contribution in [3.63, 3.8) is 0 Å². The second-order valence-electron chi connectivity index (χ2n) is 4.92. The molecule has 0 aromatic rings. The number of ether oxygens (including phenoxy) is 1. The first-order chi connectivity index (χ1) is 6.73. The molecular weight excluding hydrogens is 172 g/mol. The molecule has 0 heterocycles. The highest BCUT2D eigenvalue weighted by molar-refractivity contribution is 5.19. The first-order valence-electron chi connectivity index (χ1n) is 5.97. The standard InChI is InChI=1S/C13H22O/c1-4-13(14-3)10(2)8-11-6-5-7-12(13)9-11/h8,10,12H,4-7,9H2,1-3H3. The molecule has 0 aromatic carbocycles. The number of hydrogen-bond acceptors (Lipinski definition) is 1. The van der Waals surface area contributed by atoms with Gasteiger partial charge in [0.25, 0.3) is 0 Å². The van der Waals surface area contributed by atoms with Crippen LogP contribution in [0.25, 0.3) is 0 Å². The van der Waals surface area contributed by atoms with E-state index in [1.807, 2.05) is 7.11 Å². The van der Waals surface area contributed by atoms with E-state index in [1.54, 1.807) is 5.57 Å². The molecule has 1 nitrogen and oxygen atoms in total. The molecule has 2 aliphatic carbocycles. The third-order valence-corrected chi connectivity index (χ3v) is 4.44. The van der Waals surface area contributed by atoms with Crippen LogP contribution in [0, 0.1) is 11.8 Å². The third kappa shape index (κ3) is 1.33. The van der Waals surface area contributed by atoms with Crippen molar-refractivity contribution in [1.82, 2.24) is 0 Å². The molecule has 1 saturated carbocycles. The van der Waals surface area contributed by atoms with Crippen LogP contribution in [0.15, 0.2) is 11.6 Å². The average Bonchev–Trinajstić information content (AvgIpc) is 2.20. The Kier molecular flexibility index (Phi) is 2.70. The van der Waals surface area contributed by atoms with E-state index in [1.165, 1.54) is 25.7 Å². The van der Waals surface area contributed by atoms with Gasteiger partial charge in [-0.15, -0.1) is 0 Å². The number of methoxy groups -OCH3 is 1. The van der Waals surface area contributed by atoms with Crippen molar-refractivity contribution in [3.8, 4) is 0 Å². The SMILES string of the molecule is CCC1(OC)C(C)C=C2CCCC1C2. The summed E-state index contributed by atoms with van der Waals surface area (Å²) in [5.41, 5.74) is 1.83. The van der Waals surface area contributed by atoms with Gasteiger partial charge in [0.2, 0.25) is 0 Å². The fraction of sp³-hybridized carbons (Fsp3) is 0.846. The van der Waals surface area contributed by atoms with Gasteiger partial charge in [0.1, 0.15) is 0 Å². The van der Waals surface area contributed by atoms with Gasteiger partial charge in [-0.1, -0.05) is 25.5 Å². The predicted octanol–water partition coefficient (Wildman–Crippen LogP) is 3.55. The summed E-state index contributed by atoms with van der Waals surface area (Å²) in [6, 6.07) is 0. The van der Waals surface area contributed by atoms with Crippen molar-refractivity contribution in [2.24, 2.45) is 11.8 Å². The molecule has 1 heteroatoms. The molecule has 2 aliphatic rings. The number of rotatable bonds is 2. The first kappa shape index (κ1) is 10.2. The Labute approximate surface area is 87.5 Å². The zero-order valence-electron chi connectivity index (χ0n) is 9.68. The van der Waals surface area contributed by atoms with E-state index in [9.17, 15) is 0 Å². The van der Waals surface area contributed by atoms with Gasteiger partial charge in [0.15, 0.2) is 0 Å². The van der Waals surface area contributed by atoms with Gasteiger partial charge in [-0.05, 0) is 38.0 Å². The molecule has 0 radical (unpaired) electrons. The zero-order chi connectivity index (χ0) is 10.2. The maximum Gasteiger partial charge on any atom is 0.0766 e. The van der Waals surface area contributed by atoms with E-state index in [4.69, 9.17) is 4.74 Å². The minimum Gasteiger partial charge on any atom is -0.377 e. The van der Waals surface area contributed by atoms with Crippen LogP contribution in [0.5, 0.6) is 0 Å². The van der Waals surface area contributed by atoms with Gasteiger partial charge >= 0.3 is 0 Å². The Balaban J connectivity index is 2.32. The monoisotopic (exact) mass is 194 g/mol. The molecule has 1 fully saturated rings. The molecule has 0 N–H and O–H groups in total. The Morgan fingerprint density at radius 3 is 3.00 bits per heavy atom. The van der Waals surface area contributed by atoms with Crippen LogP contribution < -0.4 is 0 Å². The summed E-state index contributed by atoms with van der Waals surface area (Å²) >= 11 is 0. The van der Waals surface area contributed by atoms with Crippen LogP contribution in [0.2, 0.25) is 0 Å². The molecule has 0 saturated heterocycles. The zero-order valence-corrected chi connectivity index (χ0v) is 9.68. The van der Waals surface area contributed by atoms with Gasteiger partial charge in [-0.2, -0.15) is 0 Å². The first-order valence-corrected chi connectivity index (χ1v) is 5.97. The Hall–Kier alpha value is -0.300. The Morgan fingerprint density at radius 2 is 2.36 bits per heavy atom. The normalized spacial score (nSPS) is 42.1. The van der Waals surface area contributed by atoms with E-state index in [0.717, 1.165) is 12.3 Å². The maximum atomic E-state index is 5.88. The quantitative estimate of drug-likeness (QED) is 0.611. The molecule has 0 spiro atoms. The maximum absolute atomic E-state index is 5.88. The molecule has 2 bridgehead atoms. The van der Waals surface area contributed by atoms with Crippen LogP contribution in [-0.2, 0) is 4.74 Å². The summed E-state index contributed by atoms with van der Waals surface area (Å²) in [7, 11) is 1.90. The third-order valence-electron chi connectivity index (χ3n) is 4.44. The van der Waals surface area contributed by atoms with Gasteiger partial charge in [0.05, 0.1) is 5.60 Å². The fourth-order valence-corrected chi connectivity index (χ4v) is 3.64. The highest BCUT2D eigenvalue weighted by Crippen LogP contribution is 2.48. The van der Waals surface area contributed by atoms with Gasteiger partial charge in [0, 0.05) is 13.0 Å². The van der Waals surface area contributed by atoms with Gasteiger partial charge in [-0.3, -0.25) is 0 Å². The number of fused-ring (bicyclic) bond motifs is 2. The smallest absolute Gasteiger partial charge is 0.0766 e. The van der Waals surface area contributed by atoms with Crippen molar-refractivity contribution in [3.05, 3.63) is 11.6 Å². The summed E-state index contributed by atoms with van der Waals surface area (Å²) in [5.74, 6) is 1.38. The molecule has 3 atom stereocenters. The van der Waals surface area contributed by atoms with Crippen molar-refractivity contribution < 1.29 is 4.74 Å². The minimum absolute atomic E-state index is 0.143. The summed E-state index contributed by atoms with van der Waals surface area (Å²) in [5, 5.41) is 0. The lowest BCUT2D eigenvalue weighted by atomic mass is 9.64.